The van der Waals surface area contributed by atoms with Crippen molar-refractivity contribution in [3.8, 4) is 0 Å². The summed E-state index contributed by atoms with van der Waals surface area (Å²) in [7, 11) is -3.73. The lowest BCUT2D eigenvalue weighted by Gasteiger charge is -2.13. The third kappa shape index (κ3) is 3.56. The number of halogens is 1. The molecule has 2 aromatic rings. The van der Waals surface area contributed by atoms with Gasteiger partial charge < -0.3 is 5.73 Å². The number of nitrogens with two attached hydrogens (primary N) is 1. The highest BCUT2D eigenvalue weighted by molar-refractivity contribution is 7.92. The monoisotopic (exact) mass is 324 g/mol. The van der Waals surface area contributed by atoms with E-state index in [9.17, 15) is 8.42 Å². The van der Waals surface area contributed by atoms with Crippen LogP contribution >= 0.6 is 11.6 Å². The summed E-state index contributed by atoms with van der Waals surface area (Å²) in [4.78, 5) is 0.0438. The topological polar surface area (TPSA) is 72.2 Å². The van der Waals surface area contributed by atoms with Crippen LogP contribution in [0.15, 0.2) is 41.3 Å². The Balaban J connectivity index is 2.41. The van der Waals surface area contributed by atoms with Gasteiger partial charge in [0.15, 0.2) is 0 Å². The van der Waals surface area contributed by atoms with Crippen LogP contribution in [0.25, 0.3) is 0 Å². The van der Waals surface area contributed by atoms with Crippen molar-refractivity contribution in [3.63, 3.8) is 0 Å². The van der Waals surface area contributed by atoms with Gasteiger partial charge in [-0.05, 0) is 48.7 Å². The van der Waals surface area contributed by atoms with Crippen LogP contribution in [0.5, 0.6) is 0 Å². The molecule has 0 atom stereocenters. The fourth-order valence-corrected chi connectivity index (χ4v) is 3.62. The molecule has 0 radical (unpaired) electrons. The molecule has 0 amide bonds. The standard InChI is InChI=1S/C15H17ClN2O2S/c1-10-3-4-11(2)14(7-10)18-21(19,20)15-6-5-12(9-17)8-13(15)16/h3-8,18H,9,17H2,1-2H3. The number of sulfonamides is 1. The molecule has 112 valence electrons. The minimum atomic E-state index is -3.73. The van der Waals surface area contributed by atoms with E-state index in [0.29, 0.717) is 12.2 Å². The zero-order chi connectivity index (χ0) is 15.6. The van der Waals surface area contributed by atoms with Crippen molar-refractivity contribution in [2.45, 2.75) is 25.3 Å². The predicted molar refractivity (Wildman–Crippen MR) is 86.1 cm³/mol. The third-order valence-corrected chi connectivity index (χ3v) is 5.01. The van der Waals surface area contributed by atoms with Gasteiger partial charge in [0.1, 0.15) is 4.90 Å². The van der Waals surface area contributed by atoms with Gasteiger partial charge in [-0.3, -0.25) is 4.72 Å². The summed E-state index contributed by atoms with van der Waals surface area (Å²) < 4.78 is 27.5. The lowest BCUT2D eigenvalue weighted by atomic mass is 10.1. The molecule has 0 saturated heterocycles. The molecular formula is C15H17ClN2O2S. The van der Waals surface area contributed by atoms with Gasteiger partial charge in [0, 0.05) is 6.54 Å². The van der Waals surface area contributed by atoms with Gasteiger partial charge in [-0.2, -0.15) is 0 Å². The molecule has 0 saturated carbocycles. The highest BCUT2D eigenvalue weighted by atomic mass is 35.5. The number of nitrogens with one attached hydrogen (secondary N) is 1. The Labute approximate surface area is 130 Å². The van der Waals surface area contributed by atoms with Crippen LogP contribution in [0.3, 0.4) is 0 Å². The maximum atomic E-state index is 12.5. The summed E-state index contributed by atoms with van der Waals surface area (Å²) in [5.74, 6) is 0. The van der Waals surface area contributed by atoms with Gasteiger partial charge in [0.25, 0.3) is 10.0 Å². The number of benzene rings is 2. The van der Waals surface area contributed by atoms with E-state index in [-0.39, 0.29) is 9.92 Å². The van der Waals surface area contributed by atoms with Gasteiger partial charge >= 0.3 is 0 Å². The fraction of sp³-hybridized carbons (Fsp3) is 0.200. The highest BCUT2D eigenvalue weighted by Gasteiger charge is 2.19. The fourth-order valence-electron chi connectivity index (χ4n) is 1.93. The molecule has 0 aliphatic heterocycles. The van der Waals surface area contributed by atoms with Crippen LogP contribution in [0.4, 0.5) is 5.69 Å². The summed E-state index contributed by atoms with van der Waals surface area (Å²) in [5, 5.41) is 0.163. The maximum Gasteiger partial charge on any atom is 0.263 e. The Morgan fingerprint density at radius 1 is 1.14 bits per heavy atom. The first kappa shape index (κ1) is 15.8. The molecule has 2 aromatic carbocycles. The van der Waals surface area contributed by atoms with Crippen LogP contribution < -0.4 is 10.5 Å². The number of hydrogen-bond donors (Lipinski definition) is 2. The van der Waals surface area contributed by atoms with Crippen molar-refractivity contribution in [1.82, 2.24) is 0 Å². The molecule has 0 heterocycles. The molecule has 0 aromatic heterocycles. The second kappa shape index (κ2) is 6.05. The molecule has 0 fully saturated rings. The van der Waals surface area contributed by atoms with E-state index in [1.807, 2.05) is 26.0 Å². The Hall–Kier alpha value is -1.56. The average Bonchev–Trinajstić information content (AvgIpc) is 2.42. The van der Waals surface area contributed by atoms with Crippen LogP contribution in [-0.4, -0.2) is 8.42 Å². The first-order valence-corrected chi connectivity index (χ1v) is 8.28. The Bertz CT molecular complexity index is 773. The SMILES string of the molecule is Cc1ccc(C)c(NS(=O)(=O)c2ccc(CN)cc2Cl)c1. The van der Waals surface area contributed by atoms with Crippen molar-refractivity contribution in [3.05, 3.63) is 58.1 Å². The summed E-state index contributed by atoms with van der Waals surface area (Å²) in [6.07, 6.45) is 0. The number of aryl methyl sites for hydroxylation is 2. The third-order valence-electron chi connectivity index (χ3n) is 3.16. The van der Waals surface area contributed by atoms with Crippen molar-refractivity contribution < 1.29 is 8.42 Å². The molecule has 21 heavy (non-hydrogen) atoms. The van der Waals surface area contributed by atoms with Gasteiger partial charge in [0.2, 0.25) is 0 Å². The lowest BCUT2D eigenvalue weighted by Crippen LogP contribution is -2.14. The molecule has 6 heteroatoms. The number of anilines is 1. The van der Waals surface area contributed by atoms with E-state index in [1.165, 1.54) is 6.07 Å². The highest BCUT2D eigenvalue weighted by Crippen LogP contribution is 2.26. The van der Waals surface area contributed by atoms with E-state index >= 15 is 0 Å². The maximum absolute atomic E-state index is 12.5. The normalized spacial score (nSPS) is 11.4. The van der Waals surface area contributed by atoms with Crippen molar-refractivity contribution >= 4 is 27.3 Å². The van der Waals surface area contributed by atoms with Gasteiger partial charge in [-0.1, -0.05) is 29.8 Å². The van der Waals surface area contributed by atoms with Crippen molar-refractivity contribution in [2.24, 2.45) is 5.73 Å². The molecule has 0 unspecified atom stereocenters. The quantitative estimate of drug-likeness (QED) is 0.907. The largest absolute Gasteiger partial charge is 0.326 e. The van der Waals surface area contributed by atoms with E-state index < -0.39 is 10.0 Å². The Morgan fingerprint density at radius 3 is 2.48 bits per heavy atom. The molecular weight excluding hydrogens is 308 g/mol. The molecule has 0 spiro atoms. The minimum absolute atomic E-state index is 0.0438. The summed E-state index contributed by atoms with van der Waals surface area (Å²) >= 11 is 6.06. The van der Waals surface area contributed by atoms with Crippen molar-refractivity contribution in [2.75, 3.05) is 4.72 Å². The van der Waals surface area contributed by atoms with E-state index in [0.717, 1.165) is 16.7 Å². The minimum Gasteiger partial charge on any atom is -0.326 e. The van der Waals surface area contributed by atoms with Gasteiger partial charge in [-0.25, -0.2) is 8.42 Å². The van der Waals surface area contributed by atoms with Crippen LogP contribution in [-0.2, 0) is 16.6 Å². The Kier molecular flexibility index (Phi) is 4.56. The van der Waals surface area contributed by atoms with Crippen LogP contribution in [0.1, 0.15) is 16.7 Å². The summed E-state index contributed by atoms with van der Waals surface area (Å²) in [5.41, 5.74) is 8.67. The lowest BCUT2D eigenvalue weighted by molar-refractivity contribution is 0.601. The first-order chi connectivity index (χ1) is 9.83. The van der Waals surface area contributed by atoms with Crippen molar-refractivity contribution in [1.29, 1.82) is 0 Å². The van der Waals surface area contributed by atoms with Gasteiger partial charge in [0.05, 0.1) is 10.7 Å². The summed E-state index contributed by atoms with van der Waals surface area (Å²) in [6, 6.07) is 10.3. The molecule has 0 aliphatic carbocycles. The van der Waals surface area contributed by atoms with E-state index in [2.05, 4.69) is 4.72 Å². The smallest absolute Gasteiger partial charge is 0.263 e. The molecule has 0 aliphatic rings. The number of rotatable bonds is 4. The average molecular weight is 325 g/mol. The predicted octanol–water partition coefficient (Wildman–Crippen LogP) is 3.22. The zero-order valence-corrected chi connectivity index (χ0v) is 13.4. The number of hydrogen-bond acceptors (Lipinski definition) is 3. The Morgan fingerprint density at radius 2 is 1.86 bits per heavy atom. The molecule has 3 N–H and O–H groups in total. The summed E-state index contributed by atoms with van der Waals surface area (Å²) in [6.45, 7) is 4.06. The van der Waals surface area contributed by atoms with Crippen LogP contribution in [0, 0.1) is 13.8 Å². The first-order valence-electron chi connectivity index (χ1n) is 6.42. The van der Waals surface area contributed by atoms with E-state index in [1.54, 1.807) is 18.2 Å². The van der Waals surface area contributed by atoms with Gasteiger partial charge in [-0.15, -0.1) is 0 Å². The molecule has 2 rings (SSSR count). The van der Waals surface area contributed by atoms with Crippen LogP contribution in [0.2, 0.25) is 5.02 Å². The molecule has 0 bridgehead atoms. The molecule has 4 nitrogen and oxygen atoms in total. The van der Waals surface area contributed by atoms with E-state index in [4.69, 9.17) is 17.3 Å². The zero-order valence-electron chi connectivity index (χ0n) is 11.9. The second-order valence-corrected chi connectivity index (χ2v) is 6.95. The second-order valence-electron chi connectivity index (χ2n) is 4.89.